The summed E-state index contributed by atoms with van der Waals surface area (Å²) in [5.41, 5.74) is 0.728. The van der Waals surface area contributed by atoms with Gasteiger partial charge in [-0.15, -0.1) is 0 Å². The number of fused-ring (bicyclic) bond motifs is 1. The summed E-state index contributed by atoms with van der Waals surface area (Å²) in [4.78, 5) is 16.1. The lowest BCUT2D eigenvalue weighted by Gasteiger charge is -2.21. The van der Waals surface area contributed by atoms with Crippen molar-refractivity contribution in [2.75, 3.05) is 24.8 Å². The minimum absolute atomic E-state index is 0.0807. The summed E-state index contributed by atoms with van der Waals surface area (Å²) < 4.78 is 33.7. The molecule has 1 aliphatic rings. The Labute approximate surface area is 133 Å². The van der Waals surface area contributed by atoms with Crippen LogP contribution in [0.1, 0.15) is 10.4 Å². The molecule has 0 saturated heterocycles. The largest absolute Gasteiger partial charge is 0.486 e. The van der Waals surface area contributed by atoms with Gasteiger partial charge in [-0.25, -0.2) is 13.4 Å². The number of anilines is 1. The highest BCUT2D eigenvalue weighted by Crippen LogP contribution is 2.37. The van der Waals surface area contributed by atoms with Gasteiger partial charge in [0, 0.05) is 12.5 Å². The number of pyridine rings is 1. The Balaban J connectivity index is 1.82. The minimum atomic E-state index is -3.40. The van der Waals surface area contributed by atoms with E-state index >= 15 is 0 Å². The van der Waals surface area contributed by atoms with Crippen molar-refractivity contribution in [3.8, 4) is 11.5 Å². The second-order valence-corrected chi connectivity index (χ2v) is 6.90. The number of ether oxygens (including phenoxy) is 2. The van der Waals surface area contributed by atoms with Gasteiger partial charge in [-0.3, -0.25) is 4.79 Å². The van der Waals surface area contributed by atoms with Crippen molar-refractivity contribution in [2.45, 2.75) is 5.03 Å². The molecule has 0 fully saturated rings. The number of nitrogens with zero attached hydrogens (tertiary/aromatic N) is 1. The first-order valence-electron chi connectivity index (χ1n) is 6.81. The molecule has 0 atom stereocenters. The van der Waals surface area contributed by atoms with Gasteiger partial charge in [0.05, 0.1) is 11.3 Å². The number of rotatable bonds is 3. The quantitative estimate of drug-likeness (QED) is 0.914. The van der Waals surface area contributed by atoms with E-state index in [4.69, 9.17) is 9.47 Å². The molecule has 0 saturated carbocycles. The summed E-state index contributed by atoms with van der Waals surface area (Å²) in [5.74, 6) is 0.632. The molecule has 120 valence electrons. The fraction of sp³-hybridized carbons (Fsp3) is 0.200. The third-order valence-corrected chi connectivity index (χ3v) is 4.19. The third kappa shape index (κ3) is 3.26. The molecule has 23 heavy (non-hydrogen) atoms. The van der Waals surface area contributed by atoms with Crippen molar-refractivity contribution in [1.82, 2.24) is 4.98 Å². The molecule has 3 rings (SSSR count). The van der Waals surface area contributed by atoms with Gasteiger partial charge in [0.1, 0.15) is 13.2 Å². The lowest BCUT2D eigenvalue weighted by atomic mass is 10.2. The number of para-hydroxylation sites is 1. The lowest BCUT2D eigenvalue weighted by molar-refractivity contribution is 0.102. The number of sulfone groups is 1. The monoisotopic (exact) mass is 334 g/mol. The Morgan fingerprint density at radius 3 is 2.65 bits per heavy atom. The number of hydrogen-bond acceptors (Lipinski definition) is 6. The Morgan fingerprint density at radius 2 is 1.96 bits per heavy atom. The predicted molar refractivity (Wildman–Crippen MR) is 82.7 cm³/mol. The van der Waals surface area contributed by atoms with Crippen molar-refractivity contribution in [2.24, 2.45) is 0 Å². The van der Waals surface area contributed by atoms with Crippen molar-refractivity contribution in [3.63, 3.8) is 0 Å². The molecule has 0 radical (unpaired) electrons. The second-order valence-electron chi connectivity index (χ2n) is 4.94. The van der Waals surface area contributed by atoms with Crippen molar-refractivity contribution in [3.05, 3.63) is 42.1 Å². The summed E-state index contributed by atoms with van der Waals surface area (Å²) in [5, 5.41) is 2.63. The zero-order chi connectivity index (χ0) is 16.4. The highest BCUT2D eigenvalue weighted by molar-refractivity contribution is 7.90. The summed E-state index contributed by atoms with van der Waals surface area (Å²) in [6, 6.07) is 7.90. The summed E-state index contributed by atoms with van der Waals surface area (Å²) >= 11 is 0. The highest BCUT2D eigenvalue weighted by atomic mass is 32.2. The second kappa shape index (κ2) is 5.88. The van der Waals surface area contributed by atoms with Crippen LogP contribution in [-0.2, 0) is 9.84 Å². The fourth-order valence-electron chi connectivity index (χ4n) is 2.10. The molecule has 1 aliphatic heterocycles. The van der Waals surface area contributed by atoms with Crippen LogP contribution in [0.3, 0.4) is 0 Å². The van der Waals surface area contributed by atoms with Gasteiger partial charge in [-0.05, 0) is 24.3 Å². The van der Waals surface area contributed by atoms with E-state index in [0.29, 0.717) is 30.4 Å². The number of nitrogens with one attached hydrogen (secondary N) is 1. The molecule has 0 aliphatic carbocycles. The van der Waals surface area contributed by atoms with Crippen LogP contribution in [0, 0.1) is 0 Å². The van der Waals surface area contributed by atoms with Crippen LogP contribution in [0.15, 0.2) is 41.6 Å². The topological polar surface area (TPSA) is 94.6 Å². The van der Waals surface area contributed by atoms with Gasteiger partial charge in [0.15, 0.2) is 26.4 Å². The van der Waals surface area contributed by atoms with Crippen LogP contribution in [0.5, 0.6) is 11.5 Å². The molecular formula is C15H14N2O5S. The van der Waals surface area contributed by atoms with E-state index in [9.17, 15) is 13.2 Å². The maximum Gasteiger partial charge on any atom is 0.257 e. The third-order valence-electron chi connectivity index (χ3n) is 3.19. The number of carbonyl (C=O) groups excluding carboxylic acids is 1. The van der Waals surface area contributed by atoms with Crippen LogP contribution in [0.2, 0.25) is 0 Å². The van der Waals surface area contributed by atoms with Crippen molar-refractivity contribution >= 4 is 21.4 Å². The molecule has 0 unspecified atom stereocenters. The minimum Gasteiger partial charge on any atom is -0.486 e. The molecule has 1 aromatic heterocycles. The van der Waals surface area contributed by atoms with Crippen molar-refractivity contribution < 1.29 is 22.7 Å². The van der Waals surface area contributed by atoms with Gasteiger partial charge in [-0.1, -0.05) is 6.07 Å². The number of benzene rings is 1. The standard InChI is InChI=1S/C15H14N2O5S/c1-23(19,20)13-6-5-10(9-16-13)15(18)17-11-3-2-4-12-14(11)22-8-7-21-12/h2-6,9H,7-8H2,1H3,(H,17,18). The molecule has 7 nitrogen and oxygen atoms in total. The Morgan fingerprint density at radius 1 is 1.17 bits per heavy atom. The zero-order valence-corrected chi connectivity index (χ0v) is 13.1. The average molecular weight is 334 g/mol. The SMILES string of the molecule is CS(=O)(=O)c1ccc(C(=O)Nc2cccc3c2OCCO3)cn1. The Bertz CT molecular complexity index is 847. The zero-order valence-electron chi connectivity index (χ0n) is 12.3. The van der Waals surface area contributed by atoms with E-state index in [0.717, 1.165) is 6.26 Å². The smallest absolute Gasteiger partial charge is 0.257 e. The molecule has 1 aromatic carbocycles. The first-order valence-corrected chi connectivity index (χ1v) is 8.70. The Kier molecular flexibility index (Phi) is 3.91. The molecular weight excluding hydrogens is 320 g/mol. The molecule has 0 spiro atoms. The van der Waals surface area contributed by atoms with Crippen LogP contribution >= 0.6 is 0 Å². The molecule has 2 aromatic rings. The first-order chi connectivity index (χ1) is 10.9. The lowest BCUT2D eigenvalue weighted by Crippen LogP contribution is -2.19. The maximum absolute atomic E-state index is 12.3. The molecule has 2 heterocycles. The number of carbonyl (C=O) groups is 1. The molecule has 1 amide bonds. The number of aromatic nitrogens is 1. The van der Waals surface area contributed by atoms with Crippen LogP contribution in [0.25, 0.3) is 0 Å². The van der Waals surface area contributed by atoms with E-state index in [1.807, 2.05) is 0 Å². The van der Waals surface area contributed by atoms with Crippen LogP contribution < -0.4 is 14.8 Å². The summed E-state index contributed by atoms with van der Waals surface area (Å²) in [7, 11) is -3.40. The molecule has 8 heteroatoms. The van der Waals surface area contributed by atoms with Gasteiger partial charge in [-0.2, -0.15) is 0 Å². The van der Waals surface area contributed by atoms with E-state index in [2.05, 4.69) is 10.3 Å². The van der Waals surface area contributed by atoms with E-state index in [1.54, 1.807) is 18.2 Å². The Hall–Kier alpha value is -2.61. The normalized spacial score (nSPS) is 13.4. The number of hydrogen-bond donors (Lipinski definition) is 1. The predicted octanol–water partition coefficient (Wildman–Crippen LogP) is 1.51. The molecule has 1 N–H and O–H groups in total. The molecule has 0 bridgehead atoms. The van der Waals surface area contributed by atoms with E-state index in [1.165, 1.54) is 18.3 Å². The summed E-state index contributed by atoms with van der Waals surface area (Å²) in [6.45, 7) is 0.867. The van der Waals surface area contributed by atoms with Gasteiger partial charge >= 0.3 is 0 Å². The average Bonchev–Trinajstić information content (AvgIpc) is 2.54. The van der Waals surface area contributed by atoms with E-state index in [-0.39, 0.29) is 10.6 Å². The van der Waals surface area contributed by atoms with Crippen LogP contribution in [-0.4, -0.2) is 38.8 Å². The fourth-order valence-corrected chi connectivity index (χ4v) is 2.66. The summed E-state index contributed by atoms with van der Waals surface area (Å²) in [6.07, 6.45) is 2.28. The number of amides is 1. The highest BCUT2D eigenvalue weighted by Gasteiger charge is 2.18. The van der Waals surface area contributed by atoms with Gasteiger partial charge in [0.25, 0.3) is 5.91 Å². The maximum atomic E-state index is 12.3. The van der Waals surface area contributed by atoms with Crippen molar-refractivity contribution in [1.29, 1.82) is 0 Å². The van der Waals surface area contributed by atoms with Gasteiger partial charge < -0.3 is 14.8 Å². The van der Waals surface area contributed by atoms with Gasteiger partial charge in [0.2, 0.25) is 0 Å². The first kappa shape index (κ1) is 15.3. The van der Waals surface area contributed by atoms with Crippen LogP contribution in [0.4, 0.5) is 5.69 Å². The van der Waals surface area contributed by atoms with E-state index < -0.39 is 15.7 Å².